The predicted octanol–water partition coefficient (Wildman–Crippen LogP) is 3.62. The van der Waals surface area contributed by atoms with Crippen molar-refractivity contribution in [3.8, 4) is 0 Å². The molecule has 0 aromatic rings. The molecule has 96 valence electrons. The first kappa shape index (κ1) is 13.4. The molecule has 3 heteroatoms. The average molecular weight is 244 g/mol. The summed E-state index contributed by atoms with van der Waals surface area (Å²) in [6.07, 6.45) is 12.3. The van der Waals surface area contributed by atoms with Gasteiger partial charge in [0.15, 0.2) is 0 Å². The van der Waals surface area contributed by atoms with Crippen LogP contribution in [0.4, 0.5) is 0 Å². The van der Waals surface area contributed by atoms with E-state index in [-0.39, 0.29) is 18.3 Å². The molecule has 2 nitrogen and oxygen atoms in total. The molecule has 0 aromatic heterocycles. The van der Waals surface area contributed by atoms with Crippen LogP contribution in [0.2, 0.25) is 0 Å². The summed E-state index contributed by atoms with van der Waals surface area (Å²) in [4.78, 5) is 0. The summed E-state index contributed by atoms with van der Waals surface area (Å²) in [5.74, 6) is 0. The Kier molecular flexibility index (Phi) is 3.39. The van der Waals surface area contributed by atoms with E-state index in [1.165, 1.54) is 5.57 Å². The van der Waals surface area contributed by atoms with Crippen LogP contribution in [0.1, 0.15) is 34.6 Å². The monoisotopic (exact) mass is 244 g/mol. The van der Waals surface area contributed by atoms with Gasteiger partial charge in [-0.2, -0.15) is 0 Å². The van der Waals surface area contributed by atoms with Crippen molar-refractivity contribution >= 4 is 7.12 Å². The normalized spacial score (nSPS) is 30.2. The maximum absolute atomic E-state index is 6.06. The van der Waals surface area contributed by atoms with E-state index in [1.807, 2.05) is 18.2 Å². The van der Waals surface area contributed by atoms with Gasteiger partial charge in [0.2, 0.25) is 0 Å². The fourth-order valence-electron chi connectivity index (χ4n) is 1.92. The van der Waals surface area contributed by atoms with Gasteiger partial charge < -0.3 is 9.31 Å². The van der Waals surface area contributed by atoms with Gasteiger partial charge in [0, 0.05) is 0 Å². The molecule has 0 radical (unpaired) electrons. The van der Waals surface area contributed by atoms with Gasteiger partial charge in [-0.3, -0.25) is 0 Å². The lowest BCUT2D eigenvalue weighted by atomic mass is 9.76. The molecule has 0 amide bonds. The number of rotatable bonds is 1. The molecule has 1 aliphatic carbocycles. The van der Waals surface area contributed by atoms with E-state index in [4.69, 9.17) is 9.31 Å². The summed E-state index contributed by atoms with van der Waals surface area (Å²) < 4.78 is 12.1. The molecular weight excluding hydrogens is 223 g/mol. The van der Waals surface area contributed by atoms with Crippen LogP contribution in [0.25, 0.3) is 0 Å². The molecule has 1 aliphatic heterocycles. The largest absolute Gasteiger partial charge is 0.494 e. The first-order valence-electron chi connectivity index (χ1n) is 6.41. The van der Waals surface area contributed by atoms with Crippen LogP contribution >= 0.6 is 0 Å². The van der Waals surface area contributed by atoms with E-state index in [0.717, 1.165) is 5.47 Å². The van der Waals surface area contributed by atoms with Crippen LogP contribution in [-0.4, -0.2) is 18.3 Å². The van der Waals surface area contributed by atoms with Crippen molar-refractivity contribution in [3.63, 3.8) is 0 Å². The molecule has 0 spiro atoms. The number of allylic oxidation sites excluding steroid dienone is 8. The van der Waals surface area contributed by atoms with E-state index in [0.29, 0.717) is 0 Å². The Balaban J connectivity index is 2.26. The highest BCUT2D eigenvalue weighted by molar-refractivity contribution is 6.55. The lowest BCUT2D eigenvalue weighted by molar-refractivity contribution is 0.00578. The fourth-order valence-corrected chi connectivity index (χ4v) is 1.92. The lowest BCUT2D eigenvalue weighted by Gasteiger charge is -2.32. The Hall–Kier alpha value is -1.06. The zero-order valence-corrected chi connectivity index (χ0v) is 11.9. The molecular formula is C15H21BO2. The van der Waals surface area contributed by atoms with E-state index < -0.39 is 0 Å². The molecule has 18 heavy (non-hydrogen) atoms. The molecule has 0 saturated carbocycles. The van der Waals surface area contributed by atoms with Crippen molar-refractivity contribution in [2.75, 3.05) is 0 Å². The Morgan fingerprint density at radius 2 is 1.56 bits per heavy atom. The highest BCUT2D eigenvalue weighted by Crippen LogP contribution is 2.38. The minimum atomic E-state index is -0.291. The second-order valence-electron chi connectivity index (χ2n) is 5.89. The summed E-state index contributed by atoms with van der Waals surface area (Å²) >= 11 is 0. The van der Waals surface area contributed by atoms with Gasteiger partial charge in [0.1, 0.15) is 0 Å². The van der Waals surface area contributed by atoms with E-state index in [9.17, 15) is 0 Å². The van der Waals surface area contributed by atoms with Crippen molar-refractivity contribution in [1.29, 1.82) is 0 Å². The highest BCUT2D eigenvalue weighted by atomic mass is 16.7. The molecule has 1 saturated heterocycles. The second kappa shape index (κ2) is 4.56. The molecule has 0 aromatic carbocycles. The molecule has 0 unspecified atom stereocenters. The quantitative estimate of drug-likeness (QED) is 0.656. The van der Waals surface area contributed by atoms with Gasteiger partial charge in [0.05, 0.1) is 11.2 Å². The average Bonchev–Trinajstić information content (AvgIpc) is 2.42. The summed E-state index contributed by atoms with van der Waals surface area (Å²) in [5, 5.41) is 0. The number of hydrogen-bond donors (Lipinski definition) is 0. The molecule has 1 fully saturated rings. The first-order chi connectivity index (χ1) is 8.32. The van der Waals surface area contributed by atoms with Crippen LogP contribution in [0.5, 0.6) is 0 Å². The maximum Gasteiger partial charge on any atom is 0.494 e. The molecule has 0 bridgehead atoms. The van der Waals surface area contributed by atoms with E-state index in [1.54, 1.807) is 0 Å². The Morgan fingerprint density at radius 1 is 0.944 bits per heavy atom. The van der Waals surface area contributed by atoms with Crippen molar-refractivity contribution in [1.82, 2.24) is 0 Å². The topological polar surface area (TPSA) is 18.5 Å². The van der Waals surface area contributed by atoms with Gasteiger partial charge >= 0.3 is 7.12 Å². The van der Waals surface area contributed by atoms with Crippen LogP contribution in [-0.2, 0) is 9.31 Å². The standard InChI is InChI=1S/C15H21BO2/c1-12-9-7-6-8-10-13(11-12)16-17-14(2,3)15(4,5)18-16/h6-11H,1-5H3/b7-6?,8-6-,9-7?,10-8?,12-9?,12-11?,13-10+,13-11?. The smallest absolute Gasteiger partial charge is 0.399 e. The Morgan fingerprint density at radius 3 is 2.17 bits per heavy atom. The second-order valence-corrected chi connectivity index (χ2v) is 5.89. The summed E-state index contributed by atoms with van der Waals surface area (Å²) in [6, 6.07) is 0. The zero-order chi connectivity index (χ0) is 13.4. The SMILES string of the molecule is CC1=C/C(B2OC(C)(C)C(C)(C)O2)=C\C=C/C=C1. The van der Waals surface area contributed by atoms with E-state index in [2.05, 4.69) is 52.8 Å². The molecule has 2 rings (SSSR count). The highest BCUT2D eigenvalue weighted by Gasteiger charge is 2.51. The number of hydrogen-bond acceptors (Lipinski definition) is 2. The molecule has 0 atom stereocenters. The van der Waals surface area contributed by atoms with Gasteiger partial charge in [-0.15, -0.1) is 0 Å². The summed E-state index contributed by atoms with van der Waals surface area (Å²) in [6.45, 7) is 10.4. The Bertz CT molecular complexity index is 437. The van der Waals surface area contributed by atoms with Crippen LogP contribution in [0.15, 0.2) is 47.5 Å². The Labute approximate surface area is 110 Å². The van der Waals surface area contributed by atoms with Crippen molar-refractivity contribution < 1.29 is 9.31 Å². The van der Waals surface area contributed by atoms with Crippen molar-refractivity contribution in [2.24, 2.45) is 0 Å². The predicted molar refractivity (Wildman–Crippen MR) is 76.2 cm³/mol. The fraction of sp³-hybridized carbons (Fsp3) is 0.467. The van der Waals surface area contributed by atoms with Crippen LogP contribution in [0.3, 0.4) is 0 Å². The van der Waals surface area contributed by atoms with Gasteiger partial charge in [-0.1, -0.05) is 42.0 Å². The summed E-state index contributed by atoms with van der Waals surface area (Å²) in [7, 11) is -0.291. The zero-order valence-electron chi connectivity index (χ0n) is 11.9. The third kappa shape index (κ3) is 2.52. The lowest BCUT2D eigenvalue weighted by Crippen LogP contribution is -2.41. The van der Waals surface area contributed by atoms with E-state index >= 15 is 0 Å². The van der Waals surface area contributed by atoms with Crippen molar-refractivity contribution in [2.45, 2.75) is 45.8 Å². The van der Waals surface area contributed by atoms with Crippen LogP contribution in [0, 0.1) is 0 Å². The summed E-state index contributed by atoms with van der Waals surface area (Å²) in [5.41, 5.74) is 1.68. The third-order valence-corrected chi connectivity index (χ3v) is 3.79. The van der Waals surface area contributed by atoms with Crippen molar-refractivity contribution in [3.05, 3.63) is 47.5 Å². The first-order valence-corrected chi connectivity index (χ1v) is 6.41. The third-order valence-electron chi connectivity index (χ3n) is 3.79. The molecule has 0 N–H and O–H groups in total. The van der Waals surface area contributed by atoms with Gasteiger partial charge in [-0.25, -0.2) is 0 Å². The minimum absolute atomic E-state index is 0.290. The minimum Gasteiger partial charge on any atom is -0.399 e. The molecule has 1 heterocycles. The maximum atomic E-state index is 6.06. The van der Waals surface area contributed by atoms with Crippen LogP contribution < -0.4 is 0 Å². The van der Waals surface area contributed by atoms with Gasteiger partial charge in [0.25, 0.3) is 0 Å². The molecule has 2 aliphatic rings. The van der Waals surface area contributed by atoms with Gasteiger partial charge in [-0.05, 0) is 40.1 Å².